The van der Waals surface area contributed by atoms with Crippen LogP contribution in [0, 0.1) is 11.8 Å². The third kappa shape index (κ3) is 3.03. The fourth-order valence-corrected chi connectivity index (χ4v) is 4.04. The van der Waals surface area contributed by atoms with Crippen molar-refractivity contribution in [3.8, 4) is 0 Å². The molecule has 1 aliphatic carbocycles. The normalized spacial score (nSPS) is 34.1. The number of likely N-dealkylation sites (N-methyl/N-ethyl adjacent to an activating group) is 1. The quantitative estimate of drug-likeness (QED) is 0.810. The smallest absolute Gasteiger partial charge is 0.0220 e. The van der Waals surface area contributed by atoms with E-state index in [2.05, 4.69) is 31.1 Å². The van der Waals surface area contributed by atoms with E-state index in [0.717, 1.165) is 11.8 Å². The highest BCUT2D eigenvalue weighted by Crippen LogP contribution is 2.36. The second kappa shape index (κ2) is 6.19. The van der Waals surface area contributed by atoms with Crippen molar-refractivity contribution in [2.75, 3.05) is 20.1 Å². The monoisotopic (exact) mass is 238 g/mol. The molecule has 2 fully saturated rings. The van der Waals surface area contributed by atoms with Crippen molar-refractivity contribution in [3.05, 3.63) is 0 Å². The van der Waals surface area contributed by atoms with E-state index in [9.17, 15) is 0 Å². The molecule has 2 aliphatic rings. The number of hydrogen-bond acceptors (Lipinski definition) is 2. The second-order valence-corrected chi connectivity index (χ2v) is 6.13. The molecule has 1 saturated heterocycles. The number of nitrogens with zero attached hydrogens (tertiary/aromatic N) is 1. The van der Waals surface area contributed by atoms with Crippen LogP contribution >= 0.6 is 0 Å². The van der Waals surface area contributed by atoms with Gasteiger partial charge in [-0.3, -0.25) is 4.90 Å². The zero-order chi connectivity index (χ0) is 12.3. The first-order valence-electron chi connectivity index (χ1n) is 7.67. The Morgan fingerprint density at radius 2 is 1.88 bits per heavy atom. The summed E-state index contributed by atoms with van der Waals surface area (Å²) in [5, 5.41) is 3.48. The Labute approximate surface area is 107 Å². The first kappa shape index (κ1) is 13.4. The van der Waals surface area contributed by atoms with Crippen LogP contribution in [0.25, 0.3) is 0 Å². The molecule has 4 atom stereocenters. The third-order valence-electron chi connectivity index (χ3n) is 5.29. The minimum atomic E-state index is 0.662. The average Bonchev–Trinajstić information content (AvgIpc) is 2.39. The lowest BCUT2D eigenvalue weighted by atomic mass is 9.74. The molecule has 0 spiro atoms. The fraction of sp³-hybridized carbons (Fsp3) is 1.00. The van der Waals surface area contributed by atoms with Gasteiger partial charge in [-0.1, -0.05) is 26.2 Å². The Bertz CT molecular complexity index is 225. The molecule has 100 valence electrons. The van der Waals surface area contributed by atoms with Gasteiger partial charge in [0, 0.05) is 18.6 Å². The van der Waals surface area contributed by atoms with Gasteiger partial charge < -0.3 is 5.32 Å². The highest BCUT2D eigenvalue weighted by molar-refractivity contribution is 4.88. The summed E-state index contributed by atoms with van der Waals surface area (Å²) in [5.41, 5.74) is 0. The van der Waals surface area contributed by atoms with Crippen LogP contribution in [0.2, 0.25) is 0 Å². The van der Waals surface area contributed by atoms with Gasteiger partial charge >= 0.3 is 0 Å². The zero-order valence-electron chi connectivity index (χ0n) is 11.9. The fourth-order valence-electron chi connectivity index (χ4n) is 4.04. The van der Waals surface area contributed by atoms with Crippen LogP contribution in [0.4, 0.5) is 0 Å². The van der Waals surface area contributed by atoms with Gasteiger partial charge in [-0.15, -0.1) is 0 Å². The van der Waals surface area contributed by atoms with Gasteiger partial charge in [0.15, 0.2) is 0 Å². The number of piperidine rings is 1. The maximum absolute atomic E-state index is 3.48. The molecule has 0 aromatic carbocycles. The van der Waals surface area contributed by atoms with Crippen molar-refractivity contribution in [2.45, 2.75) is 64.5 Å². The first-order valence-corrected chi connectivity index (χ1v) is 7.67. The summed E-state index contributed by atoms with van der Waals surface area (Å²) in [4.78, 5) is 2.75. The molecule has 0 bridgehead atoms. The van der Waals surface area contributed by atoms with Gasteiger partial charge in [0.2, 0.25) is 0 Å². The highest BCUT2D eigenvalue weighted by atomic mass is 15.2. The molecule has 0 amide bonds. The molecule has 0 aromatic rings. The summed E-state index contributed by atoms with van der Waals surface area (Å²) in [6.45, 7) is 7.41. The minimum absolute atomic E-state index is 0.662. The Hall–Kier alpha value is -0.0800. The van der Waals surface area contributed by atoms with Crippen molar-refractivity contribution in [1.82, 2.24) is 10.2 Å². The van der Waals surface area contributed by atoms with Crippen LogP contribution < -0.4 is 5.32 Å². The average molecular weight is 238 g/mol. The Morgan fingerprint density at radius 1 is 1.18 bits per heavy atom. The minimum Gasteiger partial charge on any atom is -0.315 e. The van der Waals surface area contributed by atoms with E-state index < -0.39 is 0 Å². The second-order valence-electron chi connectivity index (χ2n) is 6.13. The van der Waals surface area contributed by atoms with E-state index in [-0.39, 0.29) is 0 Å². The van der Waals surface area contributed by atoms with Gasteiger partial charge in [-0.25, -0.2) is 0 Å². The summed E-state index contributed by atoms with van der Waals surface area (Å²) < 4.78 is 0. The summed E-state index contributed by atoms with van der Waals surface area (Å²) in [7, 11) is 2.11. The molecule has 2 nitrogen and oxygen atoms in total. The molecular weight excluding hydrogens is 208 g/mol. The third-order valence-corrected chi connectivity index (χ3v) is 5.29. The van der Waals surface area contributed by atoms with Crippen LogP contribution in [-0.4, -0.2) is 37.1 Å². The van der Waals surface area contributed by atoms with Gasteiger partial charge in [0.25, 0.3) is 0 Å². The topological polar surface area (TPSA) is 15.3 Å². The predicted octanol–water partition coefficient (Wildman–Crippen LogP) is 2.89. The molecule has 2 heteroatoms. The van der Waals surface area contributed by atoms with E-state index in [4.69, 9.17) is 0 Å². The first-order chi connectivity index (χ1) is 8.26. The van der Waals surface area contributed by atoms with E-state index in [1.54, 1.807) is 0 Å². The lowest BCUT2D eigenvalue weighted by Gasteiger charge is -2.45. The molecule has 0 radical (unpaired) electrons. The van der Waals surface area contributed by atoms with Gasteiger partial charge in [0.1, 0.15) is 0 Å². The number of fused-ring (bicyclic) bond motifs is 1. The Kier molecular flexibility index (Phi) is 4.87. The van der Waals surface area contributed by atoms with E-state index in [1.807, 2.05) is 0 Å². The van der Waals surface area contributed by atoms with Crippen LogP contribution in [0.1, 0.15) is 52.4 Å². The van der Waals surface area contributed by atoms with Gasteiger partial charge in [-0.2, -0.15) is 0 Å². The van der Waals surface area contributed by atoms with Gasteiger partial charge in [-0.05, 0) is 51.6 Å². The maximum Gasteiger partial charge on any atom is 0.0220 e. The summed E-state index contributed by atoms with van der Waals surface area (Å²) in [6, 6.07) is 1.36. The lowest BCUT2D eigenvalue weighted by molar-refractivity contribution is 0.0499. The van der Waals surface area contributed by atoms with Crippen molar-refractivity contribution >= 4 is 0 Å². The van der Waals surface area contributed by atoms with E-state index >= 15 is 0 Å². The van der Waals surface area contributed by atoms with Crippen LogP contribution in [0.3, 0.4) is 0 Å². The molecule has 0 aromatic heterocycles. The number of rotatable bonds is 4. The van der Waals surface area contributed by atoms with Crippen molar-refractivity contribution in [3.63, 3.8) is 0 Å². The van der Waals surface area contributed by atoms with Crippen molar-refractivity contribution in [2.24, 2.45) is 11.8 Å². The lowest BCUT2D eigenvalue weighted by Crippen LogP contribution is -2.52. The molecule has 2 rings (SSSR count). The van der Waals surface area contributed by atoms with Crippen LogP contribution in [0.15, 0.2) is 0 Å². The largest absolute Gasteiger partial charge is 0.315 e. The van der Waals surface area contributed by atoms with E-state index in [0.29, 0.717) is 12.1 Å². The number of nitrogens with one attached hydrogen (secondary N) is 1. The highest BCUT2D eigenvalue weighted by Gasteiger charge is 2.33. The number of likely N-dealkylation sites (tertiary alicyclic amines) is 1. The SMILES string of the molecule is CCC(NC)C(C)N1CCC2CCCCC2C1. The standard InChI is InChI=1S/C15H30N2/c1-4-15(16-3)12(2)17-10-9-13-7-5-6-8-14(13)11-17/h12-16H,4-11H2,1-3H3. The predicted molar refractivity (Wildman–Crippen MR) is 74.2 cm³/mol. The molecule has 4 unspecified atom stereocenters. The van der Waals surface area contributed by atoms with Crippen molar-refractivity contribution < 1.29 is 0 Å². The molecular formula is C15H30N2. The molecule has 1 heterocycles. The summed E-state index contributed by atoms with van der Waals surface area (Å²) in [5.74, 6) is 2.07. The van der Waals surface area contributed by atoms with Crippen molar-refractivity contribution in [1.29, 1.82) is 0 Å². The van der Waals surface area contributed by atoms with E-state index in [1.165, 1.54) is 51.6 Å². The number of hydrogen-bond donors (Lipinski definition) is 1. The van der Waals surface area contributed by atoms with Crippen LogP contribution in [0.5, 0.6) is 0 Å². The zero-order valence-corrected chi connectivity index (χ0v) is 11.9. The molecule has 1 aliphatic heterocycles. The Morgan fingerprint density at radius 3 is 2.53 bits per heavy atom. The van der Waals surface area contributed by atoms with Gasteiger partial charge in [0.05, 0.1) is 0 Å². The molecule has 17 heavy (non-hydrogen) atoms. The molecule has 1 saturated carbocycles. The van der Waals surface area contributed by atoms with Crippen LogP contribution in [-0.2, 0) is 0 Å². The summed E-state index contributed by atoms with van der Waals surface area (Å²) >= 11 is 0. The molecule has 1 N–H and O–H groups in total. The summed E-state index contributed by atoms with van der Waals surface area (Å²) in [6.07, 6.45) is 8.66. The Balaban J connectivity index is 1.90. The maximum atomic E-state index is 3.48.